The number of nitrogens with zero attached hydrogens (tertiary/aromatic N) is 3. The van der Waals surface area contributed by atoms with E-state index in [-0.39, 0.29) is 0 Å². The van der Waals surface area contributed by atoms with Crippen LogP contribution in [0.3, 0.4) is 0 Å². The SMILES string of the molecule is N#Cc1ccc2ncc(CNCCc3cc(Cl)c4c(c3)OCCO4)n2c1. The molecule has 3 heterocycles. The summed E-state index contributed by atoms with van der Waals surface area (Å²) in [6.45, 7) is 2.51. The molecule has 0 saturated carbocycles. The Kier molecular flexibility index (Phi) is 4.65. The second-order valence-electron chi connectivity index (χ2n) is 6.04. The molecule has 0 amide bonds. The van der Waals surface area contributed by atoms with Gasteiger partial charge < -0.3 is 19.2 Å². The third kappa shape index (κ3) is 3.32. The average Bonchev–Trinajstić information content (AvgIpc) is 3.07. The van der Waals surface area contributed by atoms with Gasteiger partial charge in [-0.2, -0.15) is 5.26 Å². The predicted molar refractivity (Wildman–Crippen MR) is 97.8 cm³/mol. The molecule has 0 unspecified atom stereocenters. The zero-order valence-corrected chi connectivity index (χ0v) is 14.8. The maximum atomic E-state index is 9.04. The summed E-state index contributed by atoms with van der Waals surface area (Å²) in [5.41, 5.74) is 3.55. The molecule has 132 valence electrons. The summed E-state index contributed by atoms with van der Waals surface area (Å²) < 4.78 is 13.1. The standard InChI is InChI=1S/C19H17ClN4O2/c20-16-7-13(8-17-19(16)26-6-5-25-17)3-4-22-10-15-11-23-18-2-1-14(9-21)12-24(15)18/h1-2,7-8,11-12,22H,3-6,10H2. The summed E-state index contributed by atoms with van der Waals surface area (Å²) in [7, 11) is 0. The second kappa shape index (κ2) is 7.24. The van der Waals surface area contributed by atoms with Crippen molar-refractivity contribution in [3.8, 4) is 17.6 Å². The summed E-state index contributed by atoms with van der Waals surface area (Å²) >= 11 is 6.27. The Morgan fingerprint density at radius 3 is 3.04 bits per heavy atom. The maximum absolute atomic E-state index is 9.04. The van der Waals surface area contributed by atoms with Crippen LogP contribution in [0.2, 0.25) is 5.02 Å². The first-order valence-electron chi connectivity index (χ1n) is 8.39. The number of ether oxygens (including phenoxy) is 2. The van der Waals surface area contributed by atoms with E-state index in [2.05, 4.69) is 16.4 Å². The van der Waals surface area contributed by atoms with Gasteiger partial charge in [-0.25, -0.2) is 4.98 Å². The van der Waals surface area contributed by atoms with Gasteiger partial charge in [-0.05, 0) is 42.8 Å². The Hall–Kier alpha value is -2.75. The number of aromatic nitrogens is 2. The number of benzene rings is 1. The van der Waals surface area contributed by atoms with E-state index in [1.54, 1.807) is 12.3 Å². The Labute approximate surface area is 155 Å². The van der Waals surface area contributed by atoms with E-state index < -0.39 is 0 Å². The van der Waals surface area contributed by atoms with Gasteiger partial charge in [0.25, 0.3) is 0 Å². The molecule has 1 aliphatic rings. The van der Waals surface area contributed by atoms with Crippen molar-refractivity contribution in [1.82, 2.24) is 14.7 Å². The van der Waals surface area contributed by atoms with Gasteiger partial charge in [-0.3, -0.25) is 0 Å². The van der Waals surface area contributed by atoms with Gasteiger partial charge >= 0.3 is 0 Å². The van der Waals surface area contributed by atoms with Crippen LogP contribution in [-0.4, -0.2) is 29.1 Å². The molecule has 1 aromatic carbocycles. The van der Waals surface area contributed by atoms with E-state index in [9.17, 15) is 0 Å². The summed E-state index contributed by atoms with van der Waals surface area (Å²) in [5, 5.41) is 13.0. The highest BCUT2D eigenvalue weighted by molar-refractivity contribution is 6.32. The third-order valence-electron chi connectivity index (χ3n) is 4.26. The molecular weight excluding hydrogens is 352 g/mol. The molecule has 0 spiro atoms. The summed E-state index contributed by atoms with van der Waals surface area (Å²) in [4.78, 5) is 4.36. The van der Waals surface area contributed by atoms with E-state index in [1.807, 2.05) is 28.8 Å². The first kappa shape index (κ1) is 16.7. The van der Waals surface area contributed by atoms with Crippen molar-refractivity contribution in [2.24, 2.45) is 0 Å². The number of hydrogen-bond acceptors (Lipinski definition) is 5. The molecule has 0 saturated heterocycles. The normalized spacial score (nSPS) is 12.9. The highest BCUT2D eigenvalue weighted by atomic mass is 35.5. The predicted octanol–water partition coefficient (Wildman–Crippen LogP) is 2.96. The van der Waals surface area contributed by atoms with E-state index in [1.165, 1.54) is 0 Å². The molecule has 3 aromatic rings. The van der Waals surface area contributed by atoms with Gasteiger partial charge in [0.15, 0.2) is 11.5 Å². The Morgan fingerprint density at radius 1 is 1.27 bits per heavy atom. The number of imidazole rings is 1. The quantitative estimate of drug-likeness (QED) is 0.701. The smallest absolute Gasteiger partial charge is 0.179 e. The number of nitriles is 1. The minimum absolute atomic E-state index is 0.528. The molecule has 0 bridgehead atoms. The fourth-order valence-corrected chi connectivity index (χ4v) is 3.27. The van der Waals surface area contributed by atoms with Crippen LogP contribution in [0.1, 0.15) is 16.8 Å². The van der Waals surface area contributed by atoms with Crippen LogP contribution in [0, 0.1) is 11.3 Å². The Morgan fingerprint density at radius 2 is 2.15 bits per heavy atom. The molecule has 6 nitrogen and oxygen atoms in total. The zero-order valence-electron chi connectivity index (χ0n) is 14.0. The molecule has 2 aromatic heterocycles. The number of pyridine rings is 1. The van der Waals surface area contributed by atoms with Gasteiger partial charge in [0.2, 0.25) is 0 Å². The number of rotatable bonds is 5. The third-order valence-corrected chi connectivity index (χ3v) is 4.55. The maximum Gasteiger partial charge on any atom is 0.179 e. The van der Waals surface area contributed by atoms with Crippen LogP contribution in [0.25, 0.3) is 5.65 Å². The lowest BCUT2D eigenvalue weighted by Crippen LogP contribution is -2.18. The average molecular weight is 369 g/mol. The summed E-state index contributed by atoms with van der Waals surface area (Å²) in [6.07, 6.45) is 4.45. The van der Waals surface area contributed by atoms with Crippen LogP contribution in [-0.2, 0) is 13.0 Å². The molecule has 26 heavy (non-hydrogen) atoms. The summed E-state index contributed by atoms with van der Waals surface area (Å²) in [5.74, 6) is 1.35. The van der Waals surface area contributed by atoms with Crippen molar-refractivity contribution in [1.29, 1.82) is 5.26 Å². The second-order valence-corrected chi connectivity index (χ2v) is 6.44. The zero-order chi connectivity index (χ0) is 17.9. The fourth-order valence-electron chi connectivity index (χ4n) is 2.99. The number of halogens is 1. The van der Waals surface area contributed by atoms with Gasteiger partial charge in [-0.15, -0.1) is 0 Å². The van der Waals surface area contributed by atoms with Crippen LogP contribution in [0.5, 0.6) is 11.5 Å². The largest absolute Gasteiger partial charge is 0.486 e. The van der Waals surface area contributed by atoms with Crippen LogP contribution >= 0.6 is 11.6 Å². The lowest BCUT2D eigenvalue weighted by molar-refractivity contribution is 0.171. The van der Waals surface area contributed by atoms with E-state index in [0.717, 1.165) is 29.9 Å². The minimum atomic E-state index is 0.528. The Balaban J connectivity index is 1.39. The fraction of sp³-hybridized carbons (Fsp3) is 0.263. The topological polar surface area (TPSA) is 71.6 Å². The molecule has 7 heteroatoms. The molecular formula is C19H17ClN4O2. The molecule has 4 rings (SSSR count). The van der Waals surface area contributed by atoms with E-state index in [0.29, 0.717) is 41.8 Å². The first-order chi connectivity index (χ1) is 12.7. The lowest BCUT2D eigenvalue weighted by atomic mass is 10.1. The van der Waals surface area contributed by atoms with Gasteiger partial charge in [-0.1, -0.05) is 11.6 Å². The van der Waals surface area contributed by atoms with Crippen molar-refractivity contribution in [3.05, 3.63) is 58.5 Å². The molecule has 0 radical (unpaired) electrons. The van der Waals surface area contributed by atoms with Crippen molar-refractivity contribution < 1.29 is 9.47 Å². The summed E-state index contributed by atoms with van der Waals surface area (Å²) in [6, 6.07) is 9.67. The van der Waals surface area contributed by atoms with Crippen molar-refractivity contribution >= 4 is 17.2 Å². The van der Waals surface area contributed by atoms with Gasteiger partial charge in [0.05, 0.1) is 22.5 Å². The molecule has 0 aliphatic carbocycles. The Bertz CT molecular complexity index is 993. The lowest BCUT2D eigenvalue weighted by Gasteiger charge is -2.20. The first-order valence-corrected chi connectivity index (χ1v) is 8.77. The van der Waals surface area contributed by atoms with Crippen molar-refractivity contribution in [3.63, 3.8) is 0 Å². The van der Waals surface area contributed by atoms with E-state index in [4.69, 9.17) is 26.3 Å². The molecule has 1 aliphatic heterocycles. The molecule has 0 atom stereocenters. The minimum Gasteiger partial charge on any atom is -0.486 e. The van der Waals surface area contributed by atoms with E-state index >= 15 is 0 Å². The van der Waals surface area contributed by atoms with Gasteiger partial charge in [0.1, 0.15) is 24.9 Å². The molecule has 0 fully saturated rings. The van der Waals surface area contributed by atoms with Crippen LogP contribution < -0.4 is 14.8 Å². The number of hydrogen-bond donors (Lipinski definition) is 1. The monoisotopic (exact) mass is 368 g/mol. The van der Waals surface area contributed by atoms with Crippen LogP contribution in [0.4, 0.5) is 0 Å². The highest BCUT2D eigenvalue weighted by Crippen LogP contribution is 2.38. The van der Waals surface area contributed by atoms with Crippen molar-refractivity contribution in [2.75, 3.05) is 19.8 Å². The molecule has 1 N–H and O–H groups in total. The number of nitrogens with one attached hydrogen (secondary N) is 1. The van der Waals surface area contributed by atoms with Crippen LogP contribution in [0.15, 0.2) is 36.7 Å². The number of fused-ring (bicyclic) bond motifs is 2. The highest BCUT2D eigenvalue weighted by Gasteiger charge is 2.16. The van der Waals surface area contributed by atoms with Gasteiger partial charge in [0, 0.05) is 12.7 Å². The van der Waals surface area contributed by atoms with Crippen molar-refractivity contribution in [2.45, 2.75) is 13.0 Å².